The first-order valence-corrected chi connectivity index (χ1v) is 6.23. The number of nitrogens with one attached hydrogen (secondary N) is 1. The average molecular weight is 263 g/mol. The van der Waals surface area contributed by atoms with Crippen molar-refractivity contribution in [2.45, 2.75) is 13.5 Å². The summed E-state index contributed by atoms with van der Waals surface area (Å²) in [7, 11) is 0. The second-order valence-electron chi connectivity index (χ2n) is 3.79. The summed E-state index contributed by atoms with van der Waals surface area (Å²) in [6.07, 6.45) is 1.76. The molecule has 0 unspecified atom stereocenters. The molecule has 4 heteroatoms. The predicted octanol–water partition coefficient (Wildman–Crippen LogP) is 3.75. The van der Waals surface area contributed by atoms with Crippen molar-refractivity contribution in [2.24, 2.45) is 0 Å². The van der Waals surface area contributed by atoms with E-state index in [1.807, 2.05) is 37.3 Å². The minimum Gasteiger partial charge on any atom is -0.489 e. The van der Waals surface area contributed by atoms with Crippen LogP contribution in [-0.4, -0.2) is 11.5 Å². The maximum Gasteiger partial charge on any atom is 0.132 e. The number of rotatable bonds is 5. The van der Waals surface area contributed by atoms with E-state index in [2.05, 4.69) is 10.3 Å². The fourth-order valence-electron chi connectivity index (χ4n) is 1.60. The monoisotopic (exact) mass is 262 g/mol. The van der Waals surface area contributed by atoms with Crippen LogP contribution in [0.2, 0.25) is 5.02 Å². The molecule has 0 aliphatic rings. The van der Waals surface area contributed by atoms with E-state index in [0.29, 0.717) is 11.6 Å². The van der Waals surface area contributed by atoms with Gasteiger partial charge in [-0.2, -0.15) is 0 Å². The van der Waals surface area contributed by atoms with Gasteiger partial charge in [-0.05, 0) is 31.2 Å². The van der Waals surface area contributed by atoms with Gasteiger partial charge in [-0.25, -0.2) is 4.98 Å². The summed E-state index contributed by atoms with van der Waals surface area (Å²) in [5.41, 5.74) is 1.03. The van der Waals surface area contributed by atoms with Crippen LogP contribution in [0.15, 0.2) is 42.6 Å². The van der Waals surface area contributed by atoms with Gasteiger partial charge >= 0.3 is 0 Å². The first-order chi connectivity index (χ1) is 8.79. The quantitative estimate of drug-likeness (QED) is 0.891. The van der Waals surface area contributed by atoms with Crippen LogP contribution in [0.3, 0.4) is 0 Å². The lowest BCUT2D eigenvalue weighted by Crippen LogP contribution is -2.05. The van der Waals surface area contributed by atoms with Gasteiger partial charge in [0.2, 0.25) is 0 Å². The Bertz CT molecular complexity index is 517. The van der Waals surface area contributed by atoms with E-state index in [9.17, 15) is 0 Å². The molecule has 0 fully saturated rings. The van der Waals surface area contributed by atoms with Crippen LogP contribution >= 0.6 is 11.6 Å². The van der Waals surface area contributed by atoms with Crippen LogP contribution in [0.5, 0.6) is 5.75 Å². The van der Waals surface area contributed by atoms with E-state index >= 15 is 0 Å². The van der Waals surface area contributed by atoms with E-state index in [0.717, 1.165) is 23.7 Å². The smallest absolute Gasteiger partial charge is 0.132 e. The van der Waals surface area contributed by atoms with E-state index < -0.39 is 0 Å². The highest BCUT2D eigenvalue weighted by molar-refractivity contribution is 6.30. The Morgan fingerprint density at radius 1 is 1.28 bits per heavy atom. The van der Waals surface area contributed by atoms with Crippen LogP contribution in [0.4, 0.5) is 5.82 Å². The molecule has 0 spiro atoms. The number of aromatic nitrogens is 1. The zero-order valence-corrected chi connectivity index (χ0v) is 10.9. The summed E-state index contributed by atoms with van der Waals surface area (Å²) in [6, 6.07) is 11.3. The van der Waals surface area contributed by atoms with Gasteiger partial charge in [0, 0.05) is 23.3 Å². The molecule has 0 radical (unpaired) electrons. The molecule has 1 aromatic heterocycles. The van der Waals surface area contributed by atoms with E-state index in [4.69, 9.17) is 16.3 Å². The fourth-order valence-corrected chi connectivity index (χ4v) is 1.78. The Morgan fingerprint density at radius 3 is 2.94 bits per heavy atom. The minimum absolute atomic E-state index is 0.469. The summed E-state index contributed by atoms with van der Waals surface area (Å²) in [4.78, 5) is 4.28. The number of ether oxygens (including phenoxy) is 1. The highest BCUT2D eigenvalue weighted by Crippen LogP contribution is 2.20. The van der Waals surface area contributed by atoms with Crippen LogP contribution in [-0.2, 0) is 6.61 Å². The van der Waals surface area contributed by atoms with Crippen LogP contribution in [0, 0.1) is 0 Å². The molecule has 0 aliphatic heterocycles. The predicted molar refractivity (Wildman–Crippen MR) is 74.2 cm³/mol. The maximum absolute atomic E-state index is 5.90. The first kappa shape index (κ1) is 12.7. The van der Waals surface area contributed by atoms with E-state index in [1.54, 1.807) is 12.3 Å². The molecule has 1 aromatic carbocycles. The van der Waals surface area contributed by atoms with Crippen LogP contribution < -0.4 is 10.1 Å². The van der Waals surface area contributed by atoms with Crippen molar-refractivity contribution in [3.05, 3.63) is 53.2 Å². The zero-order valence-electron chi connectivity index (χ0n) is 10.2. The van der Waals surface area contributed by atoms with Crippen molar-refractivity contribution in [2.75, 3.05) is 11.9 Å². The number of benzene rings is 1. The Balaban J connectivity index is 2.06. The summed E-state index contributed by atoms with van der Waals surface area (Å²) >= 11 is 5.90. The number of anilines is 1. The third kappa shape index (κ3) is 3.37. The molecule has 94 valence electrons. The lowest BCUT2D eigenvalue weighted by Gasteiger charge is -2.10. The molecular formula is C14H15ClN2O. The zero-order chi connectivity index (χ0) is 12.8. The van der Waals surface area contributed by atoms with Crippen molar-refractivity contribution in [1.82, 2.24) is 4.98 Å². The molecule has 0 amide bonds. The number of halogens is 1. The summed E-state index contributed by atoms with van der Waals surface area (Å²) < 4.78 is 5.70. The molecule has 0 bridgehead atoms. The molecule has 0 aliphatic carbocycles. The van der Waals surface area contributed by atoms with Crippen LogP contribution in [0.25, 0.3) is 0 Å². The highest BCUT2D eigenvalue weighted by Gasteiger charge is 2.03. The molecule has 18 heavy (non-hydrogen) atoms. The highest BCUT2D eigenvalue weighted by atomic mass is 35.5. The fraction of sp³-hybridized carbons (Fsp3) is 0.214. The van der Waals surface area contributed by atoms with Crippen molar-refractivity contribution in [3.63, 3.8) is 0 Å². The second-order valence-corrected chi connectivity index (χ2v) is 4.22. The standard InChI is InChI=1S/C14H15ClN2O/c1-2-16-14-11(5-4-8-17-14)10-18-13-7-3-6-12(15)9-13/h3-9H,2,10H2,1H3,(H,16,17). The Kier molecular flexibility index (Phi) is 4.42. The summed E-state index contributed by atoms with van der Waals surface area (Å²) in [5.74, 6) is 1.62. The van der Waals surface area contributed by atoms with Gasteiger partial charge in [-0.1, -0.05) is 23.7 Å². The van der Waals surface area contributed by atoms with Gasteiger partial charge in [0.15, 0.2) is 0 Å². The number of hydrogen-bond acceptors (Lipinski definition) is 3. The minimum atomic E-state index is 0.469. The normalized spacial score (nSPS) is 10.1. The number of nitrogens with zero attached hydrogens (tertiary/aromatic N) is 1. The Hall–Kier alpha value is -1.74. The van der Waals surface area contributed by atoms with Crippen molar-refractivity contribution >= 4 is 17.4 Å². The van der Waals surface area contributed by atoms with Crippen LogP contribution in [0.1, 0.15) is 12.5 Å². The molecular weight excluding hydrogens is 248 g/mol. The van der Waals surface area contributed by atoms with Gasteiger partial charge in [-0.15, -0.1) is 0 Å². The summed E-state index contributed by atoms with van der Waals surface area (Å²) in [5, 5.41) is 3.88. The SMILES string of the molecule is CCNc1ncccc1COc1cccc(Cl)c1. The third-order valence-electron chi connectivity index (χ3n) is 2.43. The van der Waals surface area contributed by atoms with Crippen molar-refractivity contribution < 1.29 is 4.74 Å². The van der Waals surface area contributed by atoms with E-state index in [1.165, 1.54) is 0 Å². The van der Waals surface area contributed by atoms with Crippen molar-refractivity contribution in [3.8, 4) is 5.75 Å². The molecule has 0 atom stereocenters. The third-order valence-corrected chi connectivity index (χ3v) is 2.66. The topological polar surface area (TPSA) is 34.2 Å². The number of pyridine rings is 1. The molecule has 1 N–H and O–H groups in total. The lowest BCUT2D eigenvalue weighted by atomic mass is 10.2. The molecule has 1 heterocycles. The van der Waals surface area contributed by atoms with Gasteiger partial charge in [0.1, 0.15) is 18.2 Å². The Labute approximate surface area is 112 Å². The molecule has 0 saturated carbocycles. The van der Waals surface area contributed by atoms with E-state index in [-0.39, 0.29) is 0 Å². The van der Waals surface area contributed by atoms with Gasteiger partial charge < -0.3 is 10.1 Å². The van der Waals surface area contributed by atoms with Gasteiger partial charge in [0.25, 0.3) is 0 Å². The van der Waals surface area contributed by atoms with Gasteiger partial charge in [0.05, 0.1) is 0 Å². The number of hydrogen-bond donors (Lipinski definition) is 1. The average Bonchev–Trinajstić information content (AvgIpc) is 2.38. The van der Waals surface area contributed by atoms with Gasteiger partial charge in [-0.3, -0.25) is 0 Å². The maximum atomic E-state index is 5.90. The largest absolute Gasteiger partial charge is 0.489 e. The second kappa shape index (κ2) is 6.26. The molecule has 0 saturated heterocycles. The lowest BCUT2D eigenvalue weighted by molar-refractivity contribution is 0.306. The first-order valence-electron chi connectivity index (χ1n) is 5.85. The van der Waals surface area contributed by atoms with Crippen molar-refractivity contribution in [1.29, 1.82) is 0 Å². The molecule has 2 rings (SSSR count). The molecule has 3 nitrogen and oxygen atoms in total. The molecule has 2 aromatic rings. The summed E-state index contributed by atoms with van der Waals surface area (Å²) in [6.45, 7) is 3.34. The Morgan fingerprint density at radius 2 is 2.17 bits per heavy atom.